The third-order valence-corrected chi connectivity index (χ3v) is 11.5. The first kappa shape index (κ1) is 38.5. The van der Waals surface area contributed by atoms with E-state index in [4.69, 9.17) is 6.42 Å². The first-order chi connectivity index (χ1) is 20.1. The monoisotopic (exact) mass is 578 g/mol. The van der Waals surface area contributed by atoms with E-state index in [0.29, 0.717) is 16.5 Å². The molecule has 4 aliphatic rings. The Balaban J connectivity index is 0.000000436. The Hall–Kier alpha value is -1.55. The van der Waals surface area contributed by atoms with Crippen molar-refractivity contribution in [1.82, 2.24) is 4.98 Å². The summed E-state index contributed by atoms with van der Waals surface area (Å²) in [7, 11) is 0. The molecule has 1 aromatic rings. The maximum Gasteiger partial charge on any atom is 0.112 e. The fourth-order valence-electron chi connectivity index (χ4n) is 9.89. The van der Waals surface area contributed by atoms with Crippen LogP contribution in [-0.4, -0.2) is 4.98 Å². The predicted molar refractivity (Wildman–Crippen MR) is 189 cm³/mol. The molecule has 1 heteroatoms. The molecule has 0 spiro atoms. The quantitative estimate of drug-likeness (QED) is 0.324. The molecular formula is C41H71N. The zero-order valence-corrected chi connectivity index (χ0v) is 30.3. The summed E-state index contributed by atoms with van der Waals surface area (Å²) in [4.78, 5) is 4.02. The standard InChI is InChI=1S/C25H44.C10H9N.3C2H6/c1-6-13-24(4)14-11-19-18(16-24)7-8-21-20(19)12-15-25(5)22(17(2)3)9-10-23(21)25;1-4-10-6-5-9(7-11-10)8(2)3;3*1-2/h17-23H,6-16H2,1-5H3;1,5-7H,2H2,3H3;3*1-2H3. The maximum absolute atomic E-state index is 5.14. The summed E-state index contributed by atoms with van der Waals surface area (Å²) in [5.74, 6) is 9.82. The molecule has 5 rings (SSSR count). The number of hydrogen-bond acceptors (Lipinski definition) is 1. The molecular weight excluding hydrogens is 506 g/mol. The molecule has 4 aliphatic carbocycles. The van der Waals surface area contributed by atoms with Crippen molar-refractivity contribution in [3.63, 3.8) is 0 Å². The second-order valence-corrected chi connectivity index (χ2v) is 14.1. The largest absolute Gasteiger partial charge is 0.247 e. The predicted octanol–water partition coefficient (Wildman–Crippen LogP) is 12.9. The van der Waals surface area contributed by atoms with Gasteiger partial charge in [-0.25, -0.2) is 4.98 Å². The van der Waals surface area contributed by atoms with E-state index in [0.717, 1.165) is 52.6 Å². The van der Waals surface area contributed by atoms with Crippen LogP contribution in [0.4, 0.5) is 0 Å². The Morgan fingerprint density at radius 3 is 2.10 bits per heavy atom. The van der Waals surface area contributed by atoms with Crippen molar-refractivity contribution < 1.29 is 0 Å². The SMILES string of the molecule is C#Cc1ccc(C(=C)C)cn1.CC.CC.CC.CCCC1(C)CCC2C(CCC3C2CCC2(C)C(C(C)C)CCC32)C1. The first-order valence-electron chi connectivity index (χ1n) is 18.2. The molecule has 8 atom stereocenters. The van der Waals surface area contributed by atoms with E-state index < -0.39 is 0 Å². The highest BCUT2D eigenvalue weighted by Crippen LogP contribution is 2.66. The van der Waals surface area contributed by atoms with Crippen LogP contribution in [0.2, 0.25) is 0 Å². The van der Waals surface area contributed by atoms with Gasteiger partial charge in [0.15, 0.2) is 0 Å². The van der Waals surface area contributed by atoms with E-state index in [1.54, 1.807) is 51.1 Å². The molecule has 8 unspecified atom stereocenters. The van der Waals surface area contributed by atoms with Gasteiger partial charge >= 0.3 is 0 Å². The van der Waals surface area contributed by atoms with Gasteiger partial charge in [0.05, 0.1) is 0 Å². The normalized spacial score (nSPS) is 34.0. The fraction of sp³-hybridized carbons (Fsp3) is 0.780. The van der Waals surface area contributed by atoms with E-state index >= 15 is 0 Å². The van der Waals surface area contributed by atoms with Gasteiger partial charge < -0.3 is 0 Å². The fourth-order valence-corrected chi connectivity index (χ4v) is 9.89. The molecule has 1 aromatic heterocycles. The number of rotatable bonds is 4. The molecule has 1 nitrogen and oxygen atoms in total. The van der Waals surface area contributed by atoms with E-state index in [2.05, 4.69) is 52.1 Å². The average molecular weight is 578 g/mol. The molecule has 0 aliphatic heterocycles. The molecule has 240 valence electrons. The number of nitrogens with zero attached hydrogens (tertiary/aromatic N) is 1. The van der Waals surface area contributed by atoms with Crippen LogP contribution in [0.15, 0.2) is 24.9 Å². The molecule has 0 bridgehead atoms. The number of pyridine rings is 1. The van der Waals surface area contributed by atoms with E-state index in [9.17, 15) is 0 Å². The lowest BCUT2D eigenvalue weighted by Crippen LogP contribution is -2.49. The summed E-state index contributed by atoms with van der Waals surface area (Å²) >= 11 is 0. The van der Waals surface area contributed by atoms with E-state index in [-0.39, 0.29) is 0 Å². The zero-order chi connectivity index (χ0) is 32.1. The van der Waals surface area contributed by atoms with Gasteiger partial charge in [0, 0.05) is 6.20 Å². The van der Waals surface area contributed by atoms with E-state index in [1.165, 1.54) is 25.7 Å². The Kier molecular flexibility index (Phi) is 16.8. The number of aromatic nitrogens is 1. The number of terminal acetylenes is 1. The van der Waals surface area contributed by atoms with Crippen LogP contribution in [0.25, 0.3) is 5.57 Å². The first-order valence-corrected chi connectivity index (χ1v) is 18.2. The summed E-state index contributed by atoms with van der Waals surface area (Å²) in [6.07, 6.45) is 23.8. The molecule has 0 radical (unpaired) electrons. The van der Waals surface area contributed by atoms with Crippen LogP contribution < -0.4 is 0 Å². The molecule has 4 fully saturated rings. The molecule has 4 saturated carbocycles. The average Bonchev–Trinajstić information content (AvgIpc) is 3.38. The van der Waals surface area contributed by atoms with Gasteiger partial charge in [0.1, 0.15) is 5.69 Å². The van der Waals surface area contributed by atoms with Gasteiger partial charge in [-0.15, -0.1) is 6.42 Å². The Labute approximate surface area is 264 Å². The minimum absolute atomic E-state index is 0.662. The second-order valence-electron chi connectivity index (χ2n) is 14.1. The lowest BCUT2D eigenvalue weighted by molar-refractivity contribution is -0.0828. The van der Waals surface area contributed by atoms with Crippen LogP contribution in [0.1, 0.15) is 165 Å². The van der Waals surface area contributed by atoms with Crippen molar-refractivity contribution in [2.45, 2.75) is 154 Å². The number of hydrogen-bond donors (Lipinski definition) is 0. The Morgan fingerprint density at radius 2 is 1.57 bits per heavy atom. The molecule has 42 heavy (non-hydrogen) atoms. The summed E-state index contributed by atoms with van der Waals surface area (Å²) in [5, 5.41) is 0. The van der Waals surface area contributed by atoms with Crippen molar-refractivity contribution in [1.29, 1.82) is 0 Å². The van der Waals surface area contributed by atoms with Crippen molar-refractivity contribution in [3.05, 3.63) is 36.2 Å². The molecule has 1 heterocycles. The smallest absolute Gasteiger partial charge is 0.112 e. The number of allylic oxidation sites excluding steroid dienone is 1. The molecule has 0 saturated heterocycles. The van der Waals surface area contributed by atoms with Crippen LogP contribution in [0.3, 0.4) is 0 Å². The van der Waals surface area contributed by atoms with Crippen molar-refractivity contribution in [2.24, 2.45) is 52.3 Å². The lowest BCUT2D eigenvalue weighted by atomic mass is 9.47. The highest BCUT2D eigenvalue weighted by Gasteiger charge is 2.57. The summed E-state index contributed by atoms with van der Waals surface area (Å²) < 4.78 is 0. The maximum atomic E-state index is 5.14. The van der Waals surface area contributed by atoms with Gasteiger partial charge in [-0.05, 0) is 141 Å². The van der Waals surface area contributed by atoms with Gasteiger partial charge in [0.25, 0.3) is 0 Å². The zero-order valence-electron chi connectivity index (χ0n) is 30.3. The summed E-state index contributed by atoms with van der Waals surface area (Å²) in [5.41, 5.74) is 4.07. The van der Waals surface area contributed by atoms with Crippen molar-refractivity contribution in [2.75, 3.05) is 0 Å². The summed E-state index contributed by atoms with van der Waals surface area (Å²) in [6, 6.07) is 3.73. The van der Waals surface area contributed by atoms with Crippen molar-refractivity contribution in [3.8, 4) is 12.3 Å². The molecule has 0 aromatic carbocycles. The molecule has 0 amide bonds. The van der Waals surface area contributed by atoms with Crippen molar-refractivity contribution >= 4 is 5.57 Å². The second kappa shape index (κ2) is 18.3. The Morgan fingerprint density at radius 1 is 0.929 bits per heavy atom. The highest BCUT2D eigenvalue weighted by molar-refractivity contribution is 5.60. The lowest BCUT2D eigenvalue weighted by Gasteiger charge is -2.58. The summed E-state index contributed by atoms with van der Waals surface area (Å²) in [6.45, 7) is 30.4. The van der Waals surface area contributed by atoms with Gasteiger partial charge in [-0.1, -0.05) is 101 Å². The third-order valence-electron chi connectivity index (χ3n) is 11.5. The van der Waals surface area contributed by atoms with Crippen LogP contribution in [-0.2, 0) is 0 Å². The topological polar surface area (TPSA) is 12.9 Å². The minimum atomic E-state index is 0.662. The Bertz CT molecular complexity index is 935. The minimum Gasteiger partial charge on any atom is -0.247 e. The molecule has 0 N–H and O–H groups in total. The van der Waals surface area contributed by atoms with Crippen LogP contribution >= 0.6 is 0 Å². The van der Waals surface area contributed by atoms with Crippen LogP contribution in [0, 0.1) is 64.6 Å². The number of fused-ring (bicyclic) bond motifs is 5. The third kappa shape index (κ3) is 8.99. The van der Waals surface area contributed by atoms with Gasteiger partial charge in [0.2, 0.25) is 0 Å². The van der Waals surface area contributed by atoms with Gasteiger partial charge in [-0.2, -0.15) is 0 Å². The van der Waals surface area contributed by atoms with E-state index in [1.807, 2.05) is 60.6 Å². The highest BCUT2D eigenvalue weighted by atomic mass is 14.7. The van der Waals surface area contributed by atoms with Gasteiger partial charge in [-0.3, -0.25) is 0 Å². The van der Waals surface area contributed by atoms with Crippen LogP contribution in [0.5, 0.6) is 0 Å².